The summed E-state index contributed by atoms with van der Waals surface area (Å²) in [6.45, 7) is 4.14. The molecule has 6 amide bonds. The van der Waals surface area contributed by atoms with Crippen LogP contribution < -0.4 is 60.2 Å². The molecular weight excluding hydrogens is 760 g/mol. The first kappa shape index (κ1) is 48.7. The van der Waals surface area contributed by atoms with Crippen molar-refractivity contribution in [3.05, 3.63) is 0 Å². The van der Waals surface area contributed by atoms with Gasteiger partial charge in [0.2, 0.25) is 35.4 Å². The summed E-state index contributed by atoms with van der Waals surface area (Å²) in [7, 11) is 0. The lowest BCUT2D eigenvalue weighted by Crippen LogP contribution is -2.58. The highest BCUT2D eigenvalue weighted by Gasteiger charge is 2.40. The maximum Gasteiger partial charge on any atom is 0.245 e. The number of likely N-dealkylation sites (tertiary alicyclic amines) is 2. The van der Waals surface area contributed by atoms with E-state index in [2.05, 4.69) is 37.2 Å². The van der Waals surface area contributed by atoms with Crippen LogP contribution in [0, 0.1) is 16.2 Å². The molecule has 2 fully saturated rings. The van der Waals surface area contributed by atoms with E-state index < -0.39 is 84.0 Å². The highest BCUT2D eigenvalue weighted by molar-refractivity contribution is 5.97. The second-order valence-corrected chi connectivity index (χ2v) is 14.5. The third kappa shape index (κ3) is 16.2. The fraction of sp³-hybridized carbons (Fsp3) is 0.735. The Morgan fingerprint density at radius 1 is 0.638 bits per heavy atom. The van der Waals surface area contributed by atoms with Crippen LogP contribution >= 0.6 is 0 Å². The molecule has 328 valence electrons. The van der Waals surface area contributed by atoms with Crippen LogP contribution in [-0.4, -0.2) is 155 Å². The van der Waals surface area contributed by atoms with E-state index in [9.17, 15) is 39.0 Å². The molecule has 0 aliphatic carbocycles. The first-order chi connectivity index (χ1) is 27.3. The standard InChI is InChI=1S/C34H64N16O8/c1-18(45-27(53)23-11-6-16-49(23)29(55)20(35)8-3-13-42-32(36)37)25(51)47-21(9-4-14-43-33(38)39)30(56)50-17-7-12-24(50)28(54)46-19(2)26(52)48-22(31(57)58)10-5-15-44-34(40)41/h18-24,31,57-58H,3-17,35H2,1-2H3,(H,45,53)(H,46,54)(H,47,51)(H,48,52)(H4,36,37,42)(H4,38,39,43)(H4,40,41,44). The summed E-state index contributed by atoms with van der Waals surface area (Å²) in [5, 5.41) is 59.6. The van der Waals surface area contributed by atoms with Crippen LogP contribution in [0.1, 0.15) is 78.1 Å². The Hall–Kier alpha value is -5.49. The highest BCUT2D eigenvalue weighted by Crippen LogP contribution is 2.21. The minimum absolute atomic E-state index is 0.0761. The molecular formula is C34H64N16O8. The Labute approximate surface area is 337 Å². The first-order valence-corrected chi connectivity index (χ1v) is 19.5. The van der Waals surface area contributed by atoms with E-state index in [-0.39, 0.29) is 63.2 Å². The largest absolute Gasteiger partial charge is 0.370 e. The molecule has 2 saturated heterocycles. The van der Waals surface area contributed by atoms with Crippen molar-refractivity contribution in [3.63, 3.8) is 0 Å². The van der Waals surface area contributed by atoms with E-state index in [0.29, 0.717) is 51.6 Å². The molecule has 0 saturated carbocycles. The van der Waals surface area contributed by atoms with E-state index >= 15 is 0 Å². The first-order valence-electron chi connectivity index (χ1n) is 19.5. The van der Waals surface area contributed by atoms with Crippen molar-refractivity contribution in [2.75, 3.05) is 32.7 Å². The summed E-state index contributed by atoms with van der Waals surface area (Å²) < 4.78 is 0. The third-order valence-corrected chi connectivity index (χ3v) is 9.80. The van der Waals surface area contributed by atoms with Crippen molar-refractivity contribution in [2.24, 2.45) is 22.9 Å². The highest BCUT2D eigenvalue weighted by atomic mass is 16.5. The van der Waals surface area contributed by atoms with Gasteiger partial charge >= 0.3 is 0 Å². The van der Waals surface area contributed by atoms with Crippen LogP contribution in [0.25, 0.3) is 0 Å². The molecule has 2 rings (SSSR count). The Kier molecular flexibility index (Phi) is 20.4. The molecule has 2 heterocycles. The topological polar surface area (TPSA) is 409 Å². The zero-order chi connectivity index (χ0) is 43.5. The van der Waals surface area contributed by atoms with Gasteiger partial charge in [-0.1, -0.05) is 0 Å². The minimum Gasteiger partial charge on any atom is -0.370 e. The van der Waals surface area contributed by atoms with Crippen molar-refractivity contribution in [1.29, 1.82) is 16.2 Å². The smallest absolute Gasteiger partial charge is 0.245 e. The van der Waals surface area contributed by atoms with Gasteiger partial charge in [0.15, 0.2) is 24.2 Å². The van der Waals surface area contributed by atoms with Crippen LogP contribution in [0.5, 0.6) is 0 Å². The van der Waals surface area contributed by atoms with Gasteiger partial charge in [-0.3, -0.25) is 45.0 Å². The van der Waals surface area contributed by atoms with Crippen molar-refractivity contribution in [1.82, 2.24) is 47.0 Å². The van der Waals surface area contributed by atoms with Gasteiger partial charge in [0, 0.05) is 32.7 Å². The monoisotopic (exact) mass is 825 g/mol. The fourth-order valence-corrected chi connectivity index (χ4v) is 6.67. The van der Waals surface area contributed by atoms with Crippen LogP contribution in [0.2, 0.25) is 0 Å². The number of guanidine groups is 3. The molecule has 0 bridgehead atoms. The molecule has 20 N–H and O–H groups in total. The maximum atomic E-state index is 14.0. The average molecular weight is 825 g/mol. The van der Waals surface area contributed by atoms with E-state index in [1.807, 2.05) is 0 Å². The molecule has 2 aliphatic rings. The summed E-state index contributed by atoms with van der Waals surface area (Å²) in [4.78, 5) is 83.1. The number of carbonyl (C=O) groups is 6. The number of rotatable bonds is 23. The van der Waals surface area contributed by atoms with Crippen molar-refractivity contribution >= 4 is 53.3 Å². The van der Waals surface area contributed by atoms with Crippen LogP contribution in [0.4, 0.5) is 0 Å². The van der Waals surface area contributed by atoms with Crippen molar-refractivity contribution in [2.45, 2.75) is 127 Å². The summed E-state index contributed by atoms with van der Waals surface area (Å²) >= 11 is 0. The second-order valence-electron chi connectivity index (χ2n) is 14.5. The lowest BCUT2D eigenvalue weighted by molar-refractivity contribution is -0.143. The van der Waals surface area contributed by atoms with Gasteiger partial charge in [0.25, 0.3) is 0 Å². The van der Waals surface area contributed by atoms with E-state index in [4.69, 9.17) is 39.2 Å². The van der Waals surface area contributed by atoms with Gasteiger partial charge in [-0.25, -0.2) is 0 Å². The number of hydrogen-bond donors (Lipinski definition) is 16. The molecule has 0 radical (unpaired) electrons. The predicted molar refractivity (Wildman–Crippen MR) is 212 cm³/mol. The zero-order valence-electron chi connectivity index (χ0n) is 33.3. The van der Waals surface area contributed by atoms with Gasteiger partial charge in [-0.2, -0.15) is 0 Å². The van der Waals surface area contributed by atoms with Crippen molar-refractivity contribution in [3.8, 4) is 0 Å². The SMILES string of the molecule is CC(NC(=O)C1CCCN1C(=O)C(N)CCCNC(=N)N)C(=O)NC(CCCNC(=N)N)C(=O)N1CCCC1C(=O)NC(C)C(=O)NC(CCCNC(=N)N)C(O)O. The quantitative estimate of drug-likeness (QED) is 0.0198. The van der Waals surface area contributed by atoms with Gasteiger partial charge in [0.1, 0.15) is 30.2 Å². The molecule has 0 aromatic rings. The molecule has 24 nitrogen and oxygen atoms in total. The summed E-state index contributed by atoms with van der Waals surface area (Å²) in [6.07, 6.45) is 1.33. The van der Waals surface area contributed by atoms with E-state index in [1.165, 1.54) is 23.6 Å². The Morgan fingerprint density at radius 3 is 1.50 bits per heavy atom. The lowest BCUT2D eigenvalue weighted by Gasteiger charge is -2.31. The van der Waals surface area contributed by atoms with Crippen molar-refractivity contribution < 1.29 is 39.0 Å². The fourth-order valence-electron chi connectivity index (χ4n) is 6.67. The number of hydrogen-bond acceptors (Lipinski definition) is 12. The van der Waals surface area contributed by atoms with Gasteiger partial charge in [0.05, 0.1) is 12.1 Å². The van der Waals surface area contributed by atoms with Gasteiger partial charge in [-0.15, -0.1) is 0 Å². The molecule has 0 aromatic carbocycles. The normalized spacial score (nSPS) is 18.9. The Bertz CT molecular complexity index is 1470. The summed E-state index contributed by atoms with van der Waals surface area (Å²) in [6, 6.07) is -7.22. The number of carbonyl (C=O) groups excluding carboxylic acids is 6. The molecule has 24 heteroatoms. The van der Waals surface area contributed by atoms with Crippen LogP contribution in [0.3, 0.4) is 0 Å². The molecule has 7 unspecified atom stereocenters. The summed E-state index contributed by atoms with van der Waals surface area (Å²) in [5.74, 6) is -4.31. The van der Waals surface area contributed by atoms with Gasteiger partial charge < -0.3 is 80.2 Å². The Morgan fingerprint density at radius 2 is 1.05 bits per heavy atom. The molecule has 2 aliphatic heterocycles. The molecule has 7 atom stereocenters. The van der Waals surface area contributed by atoms with E-state index in [0.717, 1.165) is 0 Å². The number of amides is 6. The zero-order valence-corrected chi connectivity index (χ0v) is 33.3. The number of nitrogens with one attached hydrogen (secondary N) is 10. The maximum absolute atomic E-state index is 14.0. The molecule has 0 aromatic heterocycles. The number of aliphatic hydroxyl groups excluding tert-OH is 1. The second kappa shape index (κ2) is 24.3. The van der Waals surface area contributed by atoms with Crippen LogP contribution in [-0.2, 0) is 28.8 Å². The number of nitrogens with two attached hydrogens (primary N) is 4. The predicted octanol–water partition coefficient (Wildman–Crippen LogP) is -5.62. The Balaban J connectivity index is 2.07. The minimum atomic E-state index is -1.90. The lowest BCUT2D eigenvalue weighted by atomic mass is 10.1. The van der Waals surface area contributed by atoms with E-state index in [1.54, 1.807) is 0 Å². The number of nitrogens with zero attached hydrogens (tertiary/aromatic N) is 2. The molecule has 58 heavy (non-hydrogen) atoms. The van der Waals surface area contributed by atoms with Crippen LogP contribution in [0.15, 0.2) is 0 Å². The average Bonchev–Trinajstić information content (AvgIpc) is 3.85. The van der Waals surface area contributed by atoms with Gasteiger partial charge in [-0.05, 0) is 78.1 Å². The molecule has 0 spiro atoms. The number of aliphatic hydroxyl groups is 2. The summed E-state index contributed by atoms with van der Waals surface area (Å²) in [5.41, 5.74) is 22.0. The third-order valence-electron chi connectivity index (χ3n) is 9.80.